The fourth-order valence-corrected chi connectivity index (χ4v) is 1.42. The van der Waals surface area contributed by atoms with E-state index in [1.807, 2.05) is 58.1 Å². The third-order valence-electron chi connectivity index (χ3n) is 2.18. The highest BCUT2D eigenvalue weighted by Gasteiger charge is 2.10. The topological polar surface area (TPSA) is 40.5 Å². The molecule has 0 saturated carbocycles. The fourth-order valence-electron chi connectivity index (χ4n) is 1.42. The molecule has 92 valence electrons. The largest absolute Gasteiger partial charge is 0.488 e. The van der Waals surface area contributed by atoms with Gasteiger partial charge in [0.2, 0.25) is 0 Å². The lowest BCUT2D eigenvalue weighted by Crippen LogP contribution is -2.29. The molecule has 0 aliphatic carbocycles. The Morgan fingerprint density at radius 3 is 2.29 bits per heavy atom. The number of hydrogen-bond acceptors (Lipinski definition) is 2. The van der Waals surface area contributed by atoms with E-state index in [1.165, 1.54) is 0 Å². The van der Waals surface area contributed by atoms with E-state index < -0.39 is 7.12 Å². The molecular formula is C14H21BO2. The zero-order valence-corrected chi connectivity index (χ0v) is 11.0. The van der Waals surface area contributed by atoms with Gasteiger partial charge in [-0.1, -0.05) is 56.3 Å². The van der Waals surface area contributed by atoms with Crippen LogP contribution >= 0.6 is 0 Å². The van der Waals surface area contributed by atoms with Gasteiger partial charge in [0.05, 0.1) is 0 Å². The lowest BCUT2D eigenvalue weighted by Gasteiger charge is -2.05. The van der Waals surface area contributed by atoms with Gasteiger partial charge in [0, 0.05) is 0 Å². The number of benzene rings is 1. The molecule has 0 aromatic heterocycles. The lowest BCUT2D eigenvalue weighted by molar-refractivity contribution is 0.426. The molecule has 0 saturated heterocycles. The van der Waals surface area contributed by atoms with Crippen molar-refractivity contribution < 1.29 is 10.0 Å². The Morgan fingerprint density at radius 2 is 1.82 bits per heavy atom. The minimum Gasteiger partial charge on any atom is -0.423 e. The fraction of sp³-hybridized carbons (Fsp3) is 0.286. The summed E-state index contributed by atoms with van der Waals surface area (Å²) in [5.74, 6) is 0. The van der Waals surface area contributed by atoms with Crippen LogP contribution in [0.4, 0.5) is 0 Å². The zero-order chi connectivity index (χ0) is 13.3. The van der Waals surface area contributed by atoms with Crippen molar-refractivity contribution in [2.24, 2.45) is 0 Å². The number of hydrogen-bond donors (Lipinski definition) is 2. The predicted octanol–water partition coefficient (Wildman–Crippen LogP) is 2.37. The van der Waals surface area contributed by atoms with Crippen LogP contribution in [0.5, 0.6) is 0 Å². The van der Waals surface area contributed by atoms with Crippen LogP contribution in [0.2, 0.25) is 0 Å². The molecule has 1 aromatic carbocycles. The third kappa shape index (κ3) is 5.02. The van der Waals surface area contributed by atoms with Crippen molar-refractivity contribution in [1.82, 2.24) is 0 Å². The van der Waals surface area contributed by atoms with E-state index in [9.17, 15) is 0 Å². The normalized spacial score (nSPS) is 11.1. The summed E-state index contributed by atoms with van der Waals surface area (Å²) in [6, 6.07) is 7.23. The highest BCUT2D eigenvalue weighted by atomic mass is 16.4. The molecule has 1 aromatic rings. The van der Waals surface area contributed by atoms with Crippen LogP contribution in [0.3, 0.4) is 0 Å². The van der Waals surface area contributed by atoms with Gasteiger partial charge in [-0.2, -0.15) is 0 Å². The van der Waals surface area contributed by atoms with Gasteiger partial charge in [0.1, 0.15) is 0 Å². The van der Waals surface area contributed by atoms with Crippen LogP contribution in [0.15, 0.2) is 42.5 Å². The molecule has 0 radical (unpaired) electrons. The van der Waals surface area contributed by atoms with E-state index in [-0.39, 0.29) is 0 Å². The monoisotopic (exact) mass is 232 g/mol. The van der Waals surface area contributed by atoms with Crippen LogP contribution in [0.1, 0.15) is 33.3 Å². The smallest absolute Gasteiger partial charge is 0.423 e. The Morgan fingerprint density at radius 1 is 1.18 bits per heavy atom. The molecule has 0 aliphatic heterocycles. The molecule has 0 bridgehead atoms. The average molecular weight is 232 g/mol. The molecule has 0 aliphatic rings. The second-order valence-electron chi connectivity index (χ2n) is 3.24. The SMILES string of the molecule is C/C=C\C(=C/C)c1cccc(B(O)O)c1.CC. The van der Waals surface area contributed by atoms with Gasteiger partial charge in [-0.15, -0.1) is 0 Å². The summed E-state index contributed by atoms with van der Waals surface area (Å²) in [5.41, 5.74) is 2.57. The molecule has 0 atom stereocenters. The second-order valence-corrected chi connectivity index (χ2v) is 3.24. The van der Waals surface area contributed by atoms with E-state index in [4.69, 9.17) is 10.0 Å². The summed E-state index contributed by atoms with van der Waals surface area (Å²) in [6.45, 7) is 7.91. The Hall–Kier alpha value is -1.32. The third-order valence-corrected chi connectivity index (χ3v) is 2.18. The van der Waals surface area contributed by atoms with E-state index in [0.29, 0.717) is 5.46 Å². The summed E-state index contributed by atoms with van der Waals surface area (Å²) in [4.78, 5) is 0. The van der Waals surface area contributed by atoms with Crippen molar-refractivity contribution >= 4 is 18.2 Å². The van der Waals surface area contributed by atoms with Gasteiger partial charge in [0.25, 0.3) is 0 Å². The summed E-state index contributed by atoms with van der Waals surface area (Å²) in [5, 5.41) is 18.1. The molecular weight excluding hydrogens is 211 g/mol. The molecule has 1 rings (SSSR count). The molecule has 0 heterocycles. The van der Waals surface area contributed by atoms with E-state index >= 15 is 0 Å². The molecule has 0 amide bonds. The van der Waals surface area contributed by atoms with Gasteiger partial charge in [-0.05, 0) is 30.4 Å². The summed E-state index contributed by atoms with van der Waals surface area (Å²) < 4.78 is 0. The van der Waals surface area contributed by atoms with Crippen LogP contribution < -0.4 is 5.46 Å². The average Bonchev–Trinajstić information content (AvgIpc) is 2.38. The summed E-state index contributed by atoms with van der Waals surface area (Å²) in [6.07, 6.45) is 5.93. The molecule has 0 unspecified atom stereocenters. The van der Waals surface area contributed by atoms with Crippen LogP contribution in [0.25, 0.3) is 5.57 Å². The van der Waals surface area contributed by atoms with E-state index in [0.717, 1.165) is 11.1 Å². The van der Waals surface area contributed by atoms with Gasteiger partial charge in [0.15, 0.2) is 0 Å². The highest BCUT2D eigenvalue weighted by molar-refractivity contribution is 6.58. The summed E-state index contributed by atoms with van der Waals surface area (Å²) in [7, 11) is -1.41. The highest BCUT2D eigenvalue weighted by Crippen LogP contribution is 2.14. The van der Waals surface area contributed by atoms with E-state index in [2.05, 4.69) is 0 Å². The molecule has 17 heavy (non-hydrogen) atoms. The number of rotatable bonds is 3. The maximum atomic E-state index is 9.05. The Labute approximate surface area is 104 Å². The minimum absolute atomic E-state index is 0.511. The zero-order valence-electron chi connectivity index (χ0n) is 11.0. The van der Waals surface area contributed by atoms with Crippen molar-refractivity contribution in [3.63, 3.8) is 0 Å². The van der Waals surface area contributed by atoms with Crippen molar-refractivity contribution in [2.75, 3.05) is 0 Å². The first-order chi connectivity index (χ1) is 8.19. The molecule has 0 fully saturated rings. The first-order valence-corrected chi connectivity index (χ1v) is 5.94. The predicted molar refractivity (Wildman–Crippen MR) is 76.1 cm³/mol. The van der Waals surface area contributed by atoms with Crippen LogP contribution in [-0.2, 0) is 0 Å². The van der Waals surface area contributed by atoms with Gasteiger partial charge < -0.3 is 10.0 Å². The summed E-state index contributed by atoms with van der Waals surface area (Å²) >= 11 is 0. The molecule has 2 N–H and O–H groups in total. The lowest BCUT2D eigenvalue weighted by atomic mass is 9.79. The molecule has 3 heteroatoms. The Kier molecular flexibility index (Phi) is 8.11. The quantitative estimate of drug-likeness (QED) is 0.620. The van der Waals surface area contributed by atoms with Crippen molar-refractivity contribution in [1.29, 1.82) is 0 Å². The van der Waals surface area contributed by atoms with Crippen LogP contribution in [-0.4, -0.2) is 17.2 Å². The van der Waals surface area contributed by atoms with Gasteiger partial charge >= 0.3 is 7.12 Å². The first kappa shape index (κ1) is 15.7. The van der Waals surface area contributed by atoms with E-state index in [1.54, 1.807) is 12.1 Å². The maximum Gasteiger partial charge on any atom is 0.488 e. The minimum atomic E-state index is -1.41. The van der Waals surface area contributed by atoms with Gasteiger partial charge in [-0.3, -0.25) is 0 Å². The van der Waals surface area contributed by atoms with Crippen LogP contribution in [0, 0.1) is 0 Å². The van der Waals surface area contributed by atoms with Crippen molar-refractivity contribution in [2.45, 2.75) is 27.7 Å². The number of allylic oxidation sites excluding steroid dienone is 4. The van der Waals surface area contributed by atoms with Crippen molar-refractivity contribution in [3.8, 4) is 0 Å². The van der Waals surface area contributed by atoms with Gasteiger partial charge in [-0.25, -0.2) is 0 Å². The van der Waals surface area contributed by atoms with Crippen molar-refractivity contribution in [3.05, 3.63) is 48.1 Å². The Bertz CT molecular complexity index is 382. The molecule has 2 nitrogen and oxygen atoms in total. The maximum absolute atomic E-state index is 9.05. The first-order valence-electron chi connectivity index (χ1n) is 5.94. The Balaban J connectivity index is 0.00000121. The standard InChI is InChI=1S/C12H15BO2.C2H6/c1-3-6-10(4-2)11-7-5-8-12(9-11)13(14)15;1-2/h3-9,14-15H,1-2H3;1-2H3/b6-3-,10-4+;. The molecule has 0 spiro atoms. The second kappa shape index (κ2) is 8.79.